The first kappa shape index (κ1) is 16.2. The molecule has 130 valence electrons. The highest BCUT2D eigenvalue weighted by Crippen LogP contribution is 2.50. The molecule has 7 heteroatoms. The van der Waals surface area contributed by atoms with Crippen LogP contribution in [0.5, 0.6) is 0 Å². The van der Waals surface area contributed by atoms with Crippen LogP contribution in [0, 0.1) is 11.6 Å². The van der Waals surface area contributed by atoms with Crippen molar-refractivity contribution in [2.75, 3.05) is 6.54 Å². The fraction of sp³-hybridized carbons (Fsp3) is 0.222. The van der Waals surface area contributed by atoms with Crippen molar-refractivity contribution >= 4 is 20.9 Å². The molecule has 1 fully saturated rings. The van der Waals surface area contributed by atoms with Crippen molar-refractivity contribution in [2.45, 2.75) is 23.2 Å². The first-order valence-electron chi connectivity index (χ1n) is 7.92. The molecule has 1 saturated carbocycles. The van der Waals surface area contributed by atoms with E-state index in [4.69, 9.17) is 0 Å². The first-order chi connectivity index (χ1) is 11.9. The molecule has 0 atom stereocenters. The fourth-order valence-corrected chi connectivity index (χ4v) is 4.28. The zero-order chi connectivity index (χ0) is 17.7. The second kappa shape index (κ2) is 5.64. The van der Waals surface area contributed by atoms with Gasteiger partial charge in [0.05, 0.1) is 4.90 Å². The number of nitrogens with one attached hydrogen (secondary N) is 2. The van der Waals surface area contributed by atoms with Gasteiger partial charge in [0.25, 0.3) is 0 Å². The minimum absolute atomic E-state index is 0.0228. The molecule has 3 aromatic rings. The molecule has 1 heterocycles. The Balaban J connectivity index is 1.59. The van der Waals surface area contributed by atoms with Crippen LogP contribution in [-0.4, -0.2) is 19.9 Å². The normalized spacial score (nSPS) is 16.2. The molecule has 0 aliphatic heterocycles. The van der Waals surface area contributed by atoms with Crippen molar-refractivity contribution in [1.29, 1.82) is 0 Å². The molecular weight excluding hydrogens is 346 g/mol. The van der Waals surface area contributed by atoms with E-state index >= 15 is 0 Å². The Morgan fingerprint density at radius 2 is 1.72 bits per heavy atom. The Kier molecular flexibility index (Phi) is 3.66. The standard InChI is InChI=1S/C18H16F2N2O2S/c19-12-1-4-14(5-2-12)25(23,24)22-11-18(7-8-18)16-10-21-17-6-3-13(20)9-15(16)17/h1-6,9-10,21-22H,7-8,11H2. The minimum atomic E-state index is -3.72. The number of fused-ring (bicyclic) bond motifs is 1. The molecule has 0 saturated heterocycles. The van der Waals surface area contributed by atoms with Crippen molar-refractivity contribution in [1.82, 2.24) is 9.71 Å². The van der Waals surface area contributed by atoms with Crippen LogP contribution in [-0.2, 0) is 15.4 Å². The molecular formula is C18H16F2N2O2S. The average Bonchev–Trinajstić information content (AvgIpc) is 3.26. The smallest absolute Gasteiger partial charge is 0.240 e. The maximum absolute atomic E-state index is 13.6. The predicted molar refractivity (Wildman–Crippen MR) is 90.8 cm³/mol. The highest BCUT2D eigenvalue weighted by Gasteiger charge is 2.46. The van der Waals surface area contributed by atoms with Crippen LogP contribution in [0.1, 0.15) is 18.4 Å². The molecule has 2 N–H and O–H groups in total. The van der Waals surface area contributed by atoms with E-state index in [2.05, 4.69) is 9.71 Å². The minimum Gasteiger partial charge on any atom is -0.361 e. The Morgan fingerprint density at radius 3 is 2.40 bits per heavy atom. The van der Waals surface area contributed by atoms with Gasteiger partial charge in [-0.2, -0.15) is 0 Å². The molecule has 1 aliphatic carbocycles. The summed E-state index contributed by atoms with van der Waals surface area (Å²) in [4.78, 5) is 3.13. The van der Waals surface area contributed by atoms with Crippen LogP contribution in [0.15, 0.2) is 53.6 Å². The number of benzene rings is 2. The summed E-state index contributed by atoms with van der Waals surface area (Å²) in [6, 6.07) is 9.23. The quantitative estimate of drug-likeness (QED) is 0.730. The zero-order valence-electron chi connectivity index (χ0n) is 13.2. The number of rotatable bonds is 5. The Labute approximate surface area is 143 Å². The van der Waals surface area contributed by atoms with Gasteiger partial charge in [0, 0.05) is 29.1 Å². The number of aromatic nitrogens is 1. The third-order valence-electron chi connectivity index (χ3n) is 4.79. The van der Waals surface area contributed by atoms with Crippen LogP contribution in [0.3, 0.4) is 0 Å². The molecule has 1 aliphatic rings. The van der Waals surface area contributed by atoms with Crippen LogP contribution in [0.2, 0.25) is 0 Å². The first-order valence-corrected chi connectivity index (χ1v) is 9.40. The molecule has 0 spiro atoms. The van der Waals surface area contributed by atoms with Crippen molar-refractivity contribution < 1.29 is 17.2 Å². The van der Waals surface area contributed by atoms with Crippen LogP contribution in [0.25, 0.3) is 10.9 Å². The third-order valence-corrected chi connectivity index (χ3v) is 6.21. The highest BCUT2D eigenvalue weighted by atomic mass is 32.2. The topological polar surface area (TPSA) is 62.0 Å². The van der Waals surface area contributed by atoms with E-state index in [1.54, 1.807) is 6.07 Å². The third kappa shape index (κ3) is 2.94. The number of halogens is 2. The van der Waals surface area contributed by atoms with E-state index in [0.29, 0.717) is 0 Å². The second-order valence-electron chi connectivity index (χ2n) is 6.45. The maximum Gasteiger partial charge on any atom is 0.240 e. The molecule has 25 heavy (non-hydrogen) atoms. The molecule has 0 unspecified atom stereocenters. The van der Waals surface area contributed by atoms with Crippen LogP contribution < -0.4 is 4.72 Å². The molecule has 4 nitrogen and oxygen atoms in total. The Hall–Kier alpha value is -2.25. The van der Waals surface area contributed by atoms with Crippen molar-refractivity contribution in [2.24, 2.45) is 0 Å². The van der Waals surface area contributed by atoms with Gasteiger partial charge in [-0.05, 0) is 60.9 Å². The summed E-state index contributed by atoms with van der Waals surface area (Å²) < 4.78 is 54.0. The lowest BCUT2D eigenvalue weighted by Crippen LogP contribution is -2.32. The van der Waals surface area contributed by atoms with Gasteiger partial charge in [-0.15, -0.1) is 0 Å². The molecule has 2 aromatic carbocycles. The van der Waals surface area contributed by atoms with E-state index in [1.807, 2.05) is 6.20 Å². The average molecular weight is 362 g/mol. The number of sulfonamides is 1. The largest absolute Gasteiger partial charge is 0.361 e. The molecule has 1 aromatic heterocycles. The van der Waals surface area contributed by atoms with Gasteiger partial charge in [0.2, 0.25) is 10.0 Å². The summed E-state index contributed by atoms with van der Waals surface area (Å²) >= 11 is 0. The van der Waals surface area contributed by atoms with Gasteiger partial charge >= 0.3 is 0 Å². The van der Waals surface area contributed by atoms with E-state index in [-0.39, 0.29) is 22.7 Å². The Morgan fingerprint density at radius 1 is 1.04 bits per heavy atom. The molecule has 4 rings (SSSR count). The molecule has 0 radical (unpaired) electrons. The SMILES string of the molecule is O=S(=O)(NCC1(c2c[nH]c3ccc(F)cc23)CC1)c1ccc(F)cc1. The zero-order valence-corrected chi connectivity index (χ0v) is 14.0. The maximum atomic E-state index is 13.6. The van der Waals surface area contributed by atoms with Gasteiger partial charge in [0.1, 0.15) is 11.6 Å². The fourth-order valence-electron chi connectivity index (χ4n) is 3.15. The summed E-state index contributed by atoms with van der Waals surface area (Å²) in [6.07, 6.45) is 3.47. The van der Waals surface area contributed by atoms with Crippen molar-refractivity contribution in [3.63, 3.8) is 0 Å². The van der Waals surface area contributed by atoms with E-state index in [9.17, 15) is 17.2 Å². The summed E-state index contributed by atoms with van der Waals surface area (Å²) in [7, 11) is -3.72. The Bertz CT molecular complexity index is 1040. The summed E-state index contributed by atoms with van der Waals surface area (Å²) in [5.74, 6) is -0.811. The van der Waals surface area contributed by atoms with Crippen LogP contribution in [0.4, 0.5) is 8.78 Å². The van der Waals surface area contributed by atoms with Crippen molar-refractivity contribution in [3.8, 4) is 0 Å². The van der Waals surface area contributed by atoms with Gasteiger partial charge in [-0.25, -0.2) is 21.9 Å². The van der Waals surface area contributed by atoms with E-state index in [0.717, 1.165) is 41.4 Å². The second-order valence-corrected chi connectivity index (χ2v) is 8.22. The van der Waals surface area contributed by atoms with Gasteiger partial charge < -0.3 is 4.98 Å². The van der Waals surface area contributed by atoms with Gasteiger partial charge in [-0.1, -0.05) is 0 Å². The monoisotopic (exact) mass is 362 g/mol. The lowest BCUT2D eigenvalue weighted by atomic mass is 9.96. The number of hydrogen-bond donors (Lipinski definition) is 2. The summed E-state index contributed by atoms with van der Waals surface area (Å²) in [5.41, 5.74) is 1.41. The van der Waals surface area contributed by atoms with E-state index < -0.39 is 15.8 Å². The van der Waals surface area contributed by atoms with Gasteiger partial charge in [0.15, 0.2) is 0 Å². The summed E-state index contributed by atoms with van der Waals surface area (Å²) in [5, 5.41) is 0.776. The number of aromatic amines is 1. The number of hydrogen-bond acceptors (Lipinski definition) is 2. The van der Waals surface area contributed by atoms with Gasteiger partial charge in [-0.3, -0.25) is 0 Å². The summed E-state index contributed by atoms with van der Waals surface area (Å²) in [6.45, 7) is 0.218. The molecule has 0 amide bonds. The number of H-pyrrole nitrogens is 1. The van der Waals surface area contributed by atoms with Crippen LogP contribution >= 0.6 is 0 Å². The van der Waals surface area contributed by atoms with E-state index in [1.165, 1.54) is 24.3 Å². The molecule has 0 bridgehead atoms. The highest BCUT2D eigenvalue weighted by molar-refractivity contribution is 7.89. The predicted octanol–water partition coefficient (Wildman–Crippen LogP) is 3.46. The lowest BCUT2D eigenvalue weighted by Gasteiger charge is -2.16. The van der Waals surface area contributed by atoms with Crippen molar-refractivity contribution in [3.05, 3.63) is 65.9 Å². The lowest BCUT2D eigenvalue weighted by molar-refractivity contribution is 0.567.